The topological polar surface area (TPSA) is 257 Å². The number of carbonyl (C=O) groups is 6. The minimum Gasteiger partial charge on any atom is -0.481 e. The third-order valence-electron chi connectivity index (χ3n) is 4.30. The van der Waals surface area contributed by atoms with Gasteiger partial charge in [-0.05, 0) is 39.2 Å². The number of nitrogens with two attached hydrogens (primary N) is 3. The highest BCUT2D eigenvalue weighted by Crippen LogP contribution is 2.05. The molecule has 11 N–H and O–H groups in total. The van der Waals surface area contributed by atoms with E-state index in [0.717, 1.165) is 0 Å². The van der Waals surface area contributed by atoms with Crippen LogP contribution in [0.2, 0.25) is 0 Å². The standard InChI is InChI=1S/C18H32N6O8/c1-9(20)15(28)24-12(8-14(26)27)17(30)22-10(5-6-13(21)25)16(29)23-11(18(31)32)4-2-3-7-19/h9-12H,2-8,19-20H2,1H3,(H2,21,25)(H,22,30)(H,23,29)(H,24,28)(H,26,27)(H,31,32). The molecule has 0 saturated heterocycles. The van der Waals surface area contributed by atoms with Crippen LogP contribution in [0.5, 0.6) is 0 Å². The van der Waals surface area contributed by atoms with Crippen molar-refractivity contribution in [3.63, 3.8) is 0 Å². The summed E-state index contributed by atoms with van der Waals surface area (Å²) in [6.07, 6.45) is -0.345. The molecule has 0 aliphatic rings. The average Bonchev–Trinajstić information content (AvgIpc) is 2.68. The summed E-state index contributed by atoms with van der Waals surface area (Å²) in [4.78, 5) is 70.6. The molecule has 0 heterocycles. The minimum absolute atomic E-state index is 0.0842. The molecule has 14 nitrogen and oxygen atoms in total. The Kier molecular flexibility index (Phi) is 13.2. The lowest BCUT2D eigenvalue weighted by Crippen LogP contribution is -2.57. The molecular formula is C18H32N6O8. The Bertz CT molecular complexity index is 699. The molecule has 0 aromatic rings. The average molecular weight is 460 g/mol. The van der Waals surface area contributed by atoms with Crippen LogP contribution in [-0.4, -0.2) is 76.5 Å². The lowest BCUT2D eigenvalue weighted by Gasteiger charge is -2.24. The van der Waals surface area contributed by atoms with Crippen LogP contribution in [0.15, 0.2) is 0 Å². The predicted octanol–water partition coefficient (Wildman–Crippen LogP) is -3.26. The Morgan fingerprint density at radius 1 is 0.812 bits per heavy atom. The molecule has 0 radical (unpaired) electrons. The maximum Gasteiger partial charge on any atom is 0.326 e. The molecule has 0 aromatic heterocycles. The summed E-state index contributed by atoms with van der Waals surface area (Å²) < 4.78 is 0. The van der Waals surface area contributed by atoms with Crippen molar-refractivity contribution in [3.05, 3.63) is 0 Å². The number of hydrogen-bond acceptors (Lipinski definition) is 8. The number of unbranched alkanes of at least 4 members (excludes halogenated alkanes) is 1. The summed E-state index contributed by atoms with van der Waals surface area (Å²) in [7, 11) is 0. The number of aliphatic carboxylic acids is 2. The van der Waals surface area contributed by atoms with Gasteiger partial charge in [-0.15, -0.1) is 0 Å². The van der Waals surface area contributed by atoms with Crippen molar-refractivity contribution in [2.75, 3.05) is 6.54 Å². The van der Waals surface area contributed by atoms with Gasteiger partial charge < -0.3 is 43.4 Å². The first kappa shape index (κ1) is 28.7. The highest BCUT2D eigenvalue weighted by molar-refractivity contribution is 5.95. The fourth-order valence-corrected chi connectivity index (χ4v) is 2.54. The van der Waals surface area contributed by atoms with E-state index in [9.17, 15) is 33.9 Å². The Balaban J connectivity index is 5.46. The van der Waals surface area contributed by atoms with E-state index in [1.165, 1.54) is 6.92 Å². The Labute approximate surface area is 184 Å². The molecule has 4 atom stereocenters. The molecule has 0 aliphatic heterocycles. The smallest absolute Gasteiger partial charge is 0.326 e. The second-order valence-electron chi connectivity index (χ2n) is 7.20. The van der Waals surface area contributed by atoms with Gasteiger partial charge in [-0.2, -0.15) is 0 Å². The van der Waals surface area contributed by atoms with E-state index in [0.29, 0.717) is 19.4 Å². The van der Waals surface area contributed by atoms with Gasteiger partial charge in [-0.3, -0.25) is 24.0 Å². The molecule has 14 heteroatoms. The van der Waals surface area contributed by atoms with Gasteiger partial charge >= 0.3 is 11.9 Å². The Morgan fingerprint density at radius 3 is 1.81 bits per heavy atom. The van der Waals surface area contributed by atoms with E-state index in [1.54, 1.807) is 0 Å². The van der Waals surface area contributed by atoms with Gasteiger partial charge in [0.05, 0.1) is 12.5 Å². The summed E-state index contributed by atoms with van der Waals surface area (Å²) >= 11 is 0. The molecule has 0 rings (SSSR count). The fourth-order valence-electron chi connectivity index (χ4n) is 2.54. The number of rotatable bonds is 16. The van der Waals surface area contributed by atoms with Crippen LogP contribution in [0.4, 0.5) is 0 Å². The van der Waals surface area contributed by atoms with E-state index in [4.69, 9.17) is 22.3 Å². The van der Waals surface area contributed by atoms with Gasteiger partial charge in [0.25, 0.3) is 0 Å². The largest absolute Gasteiger partial charge is 0.481 e. The Morgan fingerprint density at radius 2 is 1.34 bits per heavy atom. The van der Waals surface area contributed by atoms with Crippen molar-refractivity contribution in [2.45, 2.75) is 69.6 Å². The predicted molar refractivity (Wildman–Crippen MR) is 111 cm³/mol. The lowest BCUT2D eigenvalue weighted by atomic mass is 10.1. The van der Waals surface area contributed by atoms with Crippen LogP contribution in [-0.2, 0) is 28.8 Å². The van der Waals surface area contributed by atoms with Crippen LogP contribution in [0.3, 0.4) is 0 Å². The summed E-state index contributed by atoms with van der Waals surface area (Å²) in [6, 6.07) is -5.27. The quantitative estimate of drug-likeness (QED) is 0.107. The van der Waals surface area contributed by atoms with Crippen molar-refractivity contribution in [2.24, 2.45) is 17.2 Å². The molecule has 4 unspecified atom stereocenters. The van der Waals surface area contributed by atoms with E-state index in [-0.39, 0.29) is 19.3 Å². The van der Waals surface area contributed by atoms with Gasteiger partial charge in [0.15, 0.2) is 0 Å². The van der Waals surface area contributed by atoms with Crippen LogP contribution in [0.1, 0.15) is 45.4 Å². The summed E-state index contributed by atoms with van der Waals surface area (Å²) in [6.45, 7) is 1.67. The molecule has 0 fully saturated rings. The highest BCUT2D eigenvalue weighted by atomic mass is 16.4. The van der Waals surface area contributed by atoms with E-state index in [1.807, 2.05) is 0 Å². The van der Waals surface area contributed by atoms with Crippen LogP contribution >= 0.6 is 0 Å². The molecule has 0 aromatic carbocycles. The minimum atomic E-state index is -1.56. The molecule has 4 amide bonds. The van der Waals surface area contributed by atoms with Crippen molar-refractivity contribution in [3.8, 4) is 0 Å². The van der Waals surface area contributed by atoms with Crippen molar-refractivity contribution < 1.29 is 39.0 Å². The van der Waals surface area contributed by atoms with Gasteiger partial charge in [-0.25, -0.2) is 4.79 Å². The van der Waals surface area contributed by atoms with E-state index < -0.39 is 66.2 Å². The maximum absolute atomic E-state index is 12.6. The second kappa shape index (κ2) is 14.7. The zero-order chi connectivity index (χ0) is 24.8. The van der Waals surface area contributed by atoms with Crippen molar-refractivity contribution in [1.29, 1.82) is 0 Å². The third kappa shape index (κ3) is 11.8. The van der Waals surface area contributed by atoms with Crippen LogP contribution < -0.4 is 33.2 Å². The Hall–Kier alpha value is -3.26. The molecule has 0 bridgehead atoms. The number of carbonyl (C=O) groups excluding carboxylic acids is 4. The van der Waals surface area contributed by atoms with Gasteiger partial charge in [0.1, 0.15) is 18.1 Å². The number of carboxylic acids is 2. The second-order valence-corrected chi connectivity index (χ2v) is 7.20. The molecule has 0 spiro atoms. The molecule has 182 valence electrons. The SMILES string of the molecule is CC(N)C(=O)NC(CC(=O)O)C(=O)NC(CCC(N)=O)C(=O)NC(CCCCN)C(=O)O. The van der Waals surface area contributed by atoms with Gasteiger partial charge in [-0.1, -0.05) is 0 Å². The first-order chi connectivity index (χ1) is 14.9. The number of amides is 4. The monoisotopic (exact) mass is 460 g/mol. The number of carboxylic acid groups (broad SMARTS) is 2. The summed E-state index contributed by atoms with van der Waals surface area (Å²) in [5.74, 6) is -6.21. The molecule has 32 heavy (non-hydrogen) atoms. The zero-order valence-electron chi connectivity index (χ0n) is 17.8. The van der Waals surface area contributed by atoms with E-state index in [2.05, 4.69) is 16.0 Å². The van der Waals surface area contributed by atoms with Crippen molar-refractivity contribution in [1.82, 2.24) is 16.0 Å². The molecule has 0 saturated carbocycles. The van der Waals surface area contributed by atoms with E-state index >= 15 is 0 Å². The number of primary amides is 1. The molecule has 0 aliphatic carbocycles. The lowest BCUT2D eigenvalue weighted by molar-refractivity contribution is -0.143. The number of hydrogen-bond donors (Lipinski definition) is 8. The van der Waals surface area contributed by atoms with Gasteiger partial charge in [0.2, 0.25) is 23.6 Å². The molecular weight excluding hydrogens is 428 g/mol. The first-order valence-corrected chi connectivity index (χ1v) is 9.98. The fraction of sp³-hybridized carbons (Fsp3) is 0.667. The van der Waals surface area contributed by atoms with Crippen molar-refractivity contribution >= 4 is 35.6 Å². The van der Waals surface area contributed by atoms with Crippen LogP contribution in [0.25, 0.3) is 0 Å². The van der Waals surface area contributed by atoms with Crippen LogP contribution in [0, 0.1) is 0 Å². The normalized spacial score (nSPS) is 14.3. The maximum atomic E-state index is 12.6. The summed E-state index contributed by atoms with van der Waals surface area (Å²) in [5.41, 5.74) is 15.9. The zero-order valence-corrected chi connectivity index (χ0v) is 17.8. The first-order valence-electron chi connectivity index (χ1n) is 9.98. The number of nitrogens with one attached hydrogen (secondary N) is 3. The summed E-state index contributed by atoms with van der Waals surface area (Å²) in [5, 5.41) is 25.0. The third-order valence-corrected chi connectivity index (χ3v) is 4.30. The van der Waals surface area contributed by atoms with Gasteiger partial charge in [0, 0.05) is 6.42 Å². The highest BCUT2D eigenvalue weighted by Gasteiger charge is 2.31.